The van der Waals surface area contributed by atoms with Gasteiger partial charge in [-0.15, -0.1) is 0 Å². The molecule has 0 N–H and O–H groups in total. The van der Waals surface area contributed by atoms with E-state index >= 15 is 0 Å². The van der Waals surface area contributed by atoms with Crippen LogP contribution in [0.4, 0.5) is 68.2 Å². The van der Waals surface area contributed by atoms with Crippen molar-refractivity contribution in [2.45, 2.75) is 12.8 Å². The Kier molecular flexibility index (Phi) is 12.6. The minimum absolute atomic E-state index is 0.807. The second kappa shape index (κ2) is 21.5. The van der Waals surface area contributed by atoms with E-state index in [1.165, 1.54) is 100 Å². The Balaban J connectivity index is 0.739. The molecule has 4 nitrogen and oxygen atoms in total. The molecule has 0 aromatic heterocycles. The maximum atomic E-state index is 2.48. The van der Waals surface area contributed by atoms with Gasteiger partial charge in [0, 0.05) is 80.5 Å². The Hall–Kier alpha value is -11.2. The highest BCUT2D eigenvalue weighted by Crippen LogP contribution is 2.51. The lowest BCUT2D eigenvalue weighted by atomic mass is 9.91. The van der Waals surface area contributed by atoms with E-state index in [0.29, 0.717) is 0 Å². The number of rotatable bonds is 11. The van der Waals surface area contributed by atoms with Crippen LogP contribution in [0.15, 0.2) is 328 Å². The Labute approximate surface area is 502 Å². The first kappa shape index (κ1) is 50.5. The summed E-state index contributed by atoms with van der Waals surface area (Å²) in [6, 6.07) is 120. The SMILES string of the molecule is c1ccc(-c2ccc3c(c2)Cc2cc(N(c4ccccc4)c4ccc(-c5ccc(N(c6ccccc6)c6ccc7c(c6)Cc6cc(-c8ccccc8)ccc6N7c6cccc7ccccc67)cc5)cc4)ccc2N3c2cccc3ccccc23)cc1. The predicted octanol–water partition coefficient (Wildman–Crippen LogP) is 22.7. The van der Waals surface area contributed by atoms with E-state index in [9.17, 15) is 0 Å². The van der Waals surface area contributed by atoms with Crippen molar-refractivity contribution in [3.05, 3.63) is 350 Å². The van der Waals surface area contributed by atoms with Crippen molar-refractivity contribution in [1.29, 1.82) is 0 Å². The van der Waals surface area contributed by atoms with Crippen LogP contribution in [-0.2, 0) is 12.8 Å². The maximum Gasteiger partial charge on any atom is 0.0540 e. The van der Waals surface area contributed by atoms with Crippen molar-refractivity contribution in [3.8, 4) is 33.4 Å². The van der Waals surface area contributed by atoms with Crippen molar-refractivity contribution in [2.75, 3.05) is 19.6 Å². The number of benzene rings is 14. The quantitative estimate of drug-likeness (QED) is 0.128. The molecule has 86 heavy (non-hydrogen) atoms. The second-order valence-electron chi connectivity index (χ2n) is 22.5. The summed E-state index contributed by atoms with van der Waals surface area (Å²) in [5.74, 6) is 0. The summed E-state index contributed by atoms with van der Waals surface area (Å²) in [5.41, 5.74) is 26.1. The van der Waals surface area contributed by atoms with Crippen LogP contribution in [0, 0.1) is 0 Å². The van der Waals surface area contributed by atoms with E-state index in [2.05, 4.69) is 347 Å². The summed E-state index contributed by atoms with van der Waals surface area (Å²) in [4.78, 5) is 9.75. The van der Waals surface area contributed by atoms with Gasteiger partial charge in [0.15, 0.2) is 0 Å². The van der Waals surface area contributed by atoms with E-state index in [-0.39, 0.29) is 0 Å². The number of fused-ring (bicyclic) bond motifs is 6. The third kappa shape index (κ3) is 9.13. The van der Waals surface area contributed by atoms with Gasteiger partial charge in [-0.2, -0.15) is 0 Å². The van der Waals surface area contributed by atoms with Crippen molar-refractivity contribution >= 4 is 89.8 Å². The molecular formula is C82H58N4. The van der Waals surface area contributed by atoms with E-state index in [1.807, 2.05) is 0 Å². The summed E-state index contributed by atoms with van der Waals surface area (Å²) in [5, 5.41) is 4.90. The molecule has 0 saturated carbocycles. The van der Waals surface area contributed by atoms with Gasteiger partial charge in [-0.1, -0.05) is 206 Å². The van der Waals surface area contributed by atoms with Gasteiger partial charge in [-0.05, 0) is 188 Å². The van der Waals surface area contributed by atoms with Crippen LogP contribution in [0.25, 0.3) is 54.9 Å². The molecule has 0 atom stereocenters. The monoisotopic (exact) mass is 1100 g/mol. The Morgan fingerprint density at radius 3 is 0.895 bits per heavy atom. The molecule has 14 aromatic rings. The van der Waals surface area contributed by atoms with E-state index in [1.54, 1.807) is 0 Å². The lowest BCUT2D eigenvalue weighted by molar-refractivity contribution is 1.09. The first-order valence-electron chi connectivity index (χ1n) is 29.7. The molecule has 2 aliphatic rings. The van der Waals surface area contributed by atoms with Crippen LogP contribution in [0.3, 0.4) is 0 Å². The molecule has 2 heterocycles. The highest BCUT2D eigenvalue weighted by atomic mass is 15.2. The molecule has 4 heteroatoms. The van der Waals surface area contributed by atoms with Gasteiger partial charge in [0.05, 0.1) is 11.4 Å². The third-order valence-electron chi connectivity index (χ3n) is 17.4. The summed E-state index contributed by atoms with van der Waals surface area (Å²) in [7, 11) is 0. The summed E-state index contributed by atoms with van der Waals surface area (Å²) < 4.78 is 0. The normalized spacial score (nSPS) is 12.3. The van der Waals surface area contributed by atoms with E-state index in [0.717, 1.165) is 58.1 Å². The molecule has 406 valence electrons. The van der Waals surface area contributed by atoms with Gasteiger partial charge in [-0.25, -0.2) is 0 Å². The summed E-state index contributed by atoms with van der Waals surface area (Å²) in [6.07, 6.45) is 1.61. The first-order valence-corrected chi connectivity index (χ1v) is 29.7. The minimum atomic E-state index is 0.807. The zero-order chi connectivity index (χ0) is 56.9. The van der Waals surface area contributed by atoms with Gasteiger partial charge in [0.2, 0.25) is 0 Å². The minimum Gasteiger partial charge on any atom is -0.310 e. The number of hydrogen-bond donors (Lipinski definition) is 0. The lowest BCUT2D eigenvalue weighted by Gasteiger charge is -2.36. The molecule has 0 fully saturated rings. The third-order valence-corrected chi connectivity index (χ3v) is 17.4. The summed E-state index contributed by atoms with van der Waals surface area (Å²) in [6.45, 7) is 0. The Morgan fingerprint density at radius 1 is 0.198 bits per heavy atom. The van der Waals surface area contributed by atoms with Crippen molar-refractivity contribution in [2.24, 2.45) is 0 Å². The van der Waals surface area contributed by atoms with Gasteiger partial charge >= 0.3 is 0 Å². The molecule has 0 bridgehead atoms. The van der Waals surface area contributed by atoms with Crippen molar-refractivity contribution in [3.63, 3.8) is 0 Å². The number of nitrogens with zero attached hydrogens (tertiary/aromatic N) is 4. The smallest absolute Gasteiger partial charge is 0.0540 e. The Morgan fingerprint density at radius 2 is 0.488 bits per heavy atom. The van der Waals surface area contributed by atoms with Gasteiger partial charge in [0.1, 0.15) is 0 Å². The van der Waals surface area contributed by atoms with E-state index in [4.69, 9.17) is 0 Å². The van der Waals surface area contributed by atoms with Gasteiger partial charge < -0.3 is 19.6 Å². The topological polar surface area (TPSA) is 13.0 Å². The van der Waals surface area contributed by atoms with E-state index < -0.39 is 0 Å². The molecule has 0 unspecified atom stereocenters. The molecule has 0 saturated heterocycles. The van der Waals surface area contributed by atoms with Gasteiger partial charge in [-0.3, -0.25) is 0 Å². The molecule has 14 aromatic carbocycles. The zero-order valence-electron chi connectivity index (χ0n) is 47.4. The van der Waals surface area contributed by atoms with Crippen molar-refractivity contribution < 1.29 is 0 Å². The second-order valence-corrected chi connectivity index (χ2v) is 22.5. The number of para-hydroxylation sites is 2. The molecule has 16 rings (SSSR count). The molecule has 0 amide bonds. The van der Waals surface area contributed by atoms with Gasteiger partial charge in [0.25, 0.3) is 0 Å². The largest absolute Gasteiger partial charge is 0.310 e. The fraction of sp³-hybridized carbons (Fsp3) is 0.0244. The lowest BCUT2D eigenvalue weighted by Crippen LogP contribution is -2.20. The fourth-order valence-electron chi connectivity index (χ4n) is 13.3. The van der Waals surface area contributed by atoms with Crippen LogP contribution in [0.5, 0.6) is 0 Å². The highest BCUT2D eigenvalue weighted by Gasteiger charge is 2.30. The number of anilines is 12. The average Bonchev–Trinajstić information content (AvgIpc) is 1.22. The number of hydrogen-bond acceptors (Lipinski definition) is 4. The first-order chi connectivity index (χ1) is 42.6. The predicted molar refractivity (Wildman–Crippen MR) is 362 cm³/mol. The van der Waals surface area contributed by atoms with Crippen LogP contribution in [0.2, 0.25) is 0 Å². The summed E-state index contributed by atoms with van der Waals surface area (Å²) >= 11 is 0. The maximum absolute atomic E-state index is 2.48. The van der Waals surface area contributed by atoms with Crippen LogP contribution in [-0.4, -0.2) is 0 Å². The standard InChI is InChI=1S/C82H58N4/c1-5-19-57(20-6-1)63-39-47-77-65(51-63)53-67-55-73(45-49-79(67)85(77)81-33-17-25-61-23-13-15-31-75(61)81)83(69-27-9-3-10-28-69)71-41-35-59(36-42-71)60-37-43-72(44-38-60)84(70-29-11-4-12-30-70)74-46-50-80-68(56-74)54-66-52-64(58-21-7-2-8-22-58)40-48-78(66)86(80)82-34-18-26-62-24-14-16-32-76(62)82/h1-52,55-56H,53-54H2. The molecule has 0 aliphatic carbocycles. The van der Waals surface area contributed by atoms with Crippen LogP contribution in [0.1, 0.15) is 22.3 Å². The van der Waals surface area contributed by atoms with Crippen LogP contribution < -0.4 is 19.6 Å². The molecule has 0 spiro atoms. The average molecular weight is 1100 g/mol. The molecule has 0 radical (unpaired) electrons. The van der Waals surface area contributed by atoms with Crippen molar-refractivity contribution in [1.82, 2.24) is 0 Å². The highest BCUT2D eigenvalue weighted by molar-refractivity contribution is 6.03. The fourth-order valence-corrected chi connectivity index (χ4v) is 13.3. The Bertz CT molecular complexity index is 4490. The van der Waals surface area contributed by atoms with Crippen LogP contribution >= 0.6 is 0 Å². The molecule has 2 aliphatic heterocycles. The zero-order valence-corrected chi connectivity index (χ0v) is 47.4. The molecular weight excluding hydrogens is 1040 g/mol.